The summed E-state index contributed by atoms with van der Waals surface area (Å²) in [6.07, 6.45) is 2.27. The standard InChI is InChI=1S/C14H15NO2/c16-14(12-5-7-17-9-12)11-4-3-10-2-1-6-15-13(10)8-11/h1-4,6,8,12,14,16H,5,7,9H2. The third kappa shape index (κ3) is 2.04. The van der Waals surface area contributed by atoms with Crippen LogP contribution in [0.15, 0.2) is 36.5 Å². The summed E-state index contributed by atoms with van der Waals surface area (Å²) in [5.74, 6) is 0.219. The number of ether oxygens (including phenoxy) is 1. The predicted octanol–water partition coefficient (Wildman–Crippen LogP) is 2.30. The highest BCUT2D eigenvalue weighted by atomic mass is 16.5. The normalized spacial score (nSPS) is 21.8. The third-order valence-electron chi connectivity index (χ3n) is 3.38. The summed E-state index contributed by atoms with van der Waals surface area (Å²) < 4.78 is 5.31. The molecular weight excluding hydrogens is 214 g/mol. The topological polar surface area (TPSA) is 42.4 Å². The number of rotatable bonds is 2. The van der Waals surface area contributed by atoms with Gasteiger partial charge in [-0.3, -0.25) is 4.98 Å². The number of hydrogen-bond acceptors (Lipinski definition) is 3. The average Bonchev–Trinajstić information content (AvgIpc) is 2.91. The summed E-state index contributed by atoms with van der Waals surface area (Å²) in [5.41, 5.74) is 1.87. The Morgan fingerprint density at radius 3 is 3.12 bits per heavy atom. The smallest absolute Gasteiger partial charge is 0.0841 e. The van der Waals surface area contributed by atoms with Crippen molar-refractivity contribution in [1.29, 1.82) is 0 Å². The molecule has 0 spiro atoms. The first kappa shape index (κ1) is 10.7. The zero-order chi connectivity index (χ0) is 11.7. The van der Waals surface area contributed by atoms with Crippen LogP contribution in [0.5, 0.6) is 0 Å². The highest BCUT2D eigenvalue weighted by Gasteiger charge is 2.25. The number of pyridine rings is 1. The molecule has 2 atom stereocenters. The van der Waals surface area contributed by atoms with Crippen molar-refractivity contribution >= 4 is 10.9 Å². The van der Waals surface area contributed by atoms with Crippen molar-refractivity contribution in [3.05, 3.63) is 42.1 Å². The van der Waals surface area contributed by atoms with Gasteiger partial charge in [0.15, 0.2) is 0 Å². The molecule has 2 unspecified atom stereocenters. The van der Waals surface area contributed by atoms with Crippen molar-refractivity contribution in [2.45, 2.75) is 12.5 Å². The number of fused-ring (bicyclic) bond motifs is 1. The van der Waals surface area contributed by atoms with Gasteiger partial charge in [-0.05, 0) is 24.1 Å². The van der Waals surface area contributed by atoms with E-state index in [2.05, 4.69) is 4.98 Å². The molecule has 0 saturated carbocycles. The van der Waals surface area contributed by atoms with Gasteiger partial charge in [0.25, 0.3) is 0 Å². The molecular formula is C14H15NO2. The fraction of sp³-hybridized carbons (Fsp3) is 0.357. The van der Waals surface area contributed by atoms with Crippen molar-refractivity contribution in [2.75, 3.05) is 13.2 Å². The number of aliphatic hydroxyl groups is 1. The number of aliphatic hydroxyl groups excluding tert-OH is 1. The second-order valence-corrected chi connectivity index (χ2v) is 4.52. The molecule has 1 aromatic heterocycles. The lowest BCUT2D eigenvalue weighted by Gasteiger charge is -2.17. The highest BCUT2D eigenvalue weighted by molar-refractivity contribution is 5.78. The van der Waals surface area contributed by atoms with Gasteiger partial charge in [-0.2, -0.15) is 0 Å². The Labute approximate surface area is 100 Å². The van der Waals surface area contributed by atoms with E-state index in [1.54, 1.807) is 6.20 Å². The Bertz CT molecular complexity index is 520. The number of hydrogen-bond donors (Lipinski definition) is 1. The zero-order valence-electron chi connectivity index (χ0n) is 9.54. The van der Waals surface area contributed by atoms with Gasteiger partial charge in [0, 0.05) is 24.1 Å². The maximum Gasteiger partial charge on any atom is 0.0841 e. The van der Waals surface area contributed by atoms with Crippen LogP contribution in [-0.4, -0.2) is 23.3 Å². The molecule has 0 amide bonds. The molecule has 1 fully saturated rings. The van der Waals surface area contributed by atoms with Crippen LogP contribution in [0.3, 0.4) is 0 Å². The van der Waals surface area contributed by atoms with Crippen LogP contribution >= 0.6 is 0 Å². The summed E-state index contributed by atoms with van der Waals surface area (Å²) in [6.45, 7) is 1.41. The van der Waals surface area contributed by atoms with E-state index in [1.807, 2.05) is 30.3 Å². The van der Waals surface area contributed by atoms with Crippen molar-refractivity contribution in [2.24, 2.45) is 5.92 Å². The Morgan fingerprint density at radius 2 is 2.29 bits per heavy atom. The van der Waals surface area contributed by atoms with Crippen molar-refractivity contribution in [3.63, 3.8) is 0 Å². The van der Waals surface area contributed by atoms with Gasteiger partial charge in [-0.15, -0.1) is 0 Å². The molecule has 88 valence electrons. The van der Waals surface area contributed by atoms with E-state index in [4.69, 9.17) is 4.74 Å². The monoisotopic (exact) mass is 229 g/mol. The summed E-state index contributed by atoms with van der Waals surface area (Å²) in [6, 6.07) is 9.91. The molecule has 3 nitrogen and oxygen atoms in total. The molecule has 0 aliphatic carbocycles. The molecule has 1 aliphatic rings. The number of aromatic nitrogens is 1. The first-order valence-electron chi connectivity index (χ1n) is 5.95. The van der Waals surface area contributed by atoms with E-state index in [0.29, 0.717) is 6.61 Å². The first-order chi connectivity index (χ1) is 8.34. The Hall–Kier alpha value is -1.45. The molecule has 3 heteroatoms. The van der Waals surface area contributed by atoms with E-state index in [1.165, 1.54) is 0 Å². The SMILES string of the molecule is OC(c1ccc2cccnc2c1)C1CCOC1. The van der Waals surface area contributed by atoms with E-state index in [-0.39, 0.29) is 5.92 Å². The Morgan fingerprint density at radius 1 is 1.35 bits per heavy atom. The Balaban J connectivity index is 1.94. The van der Waals surface area contributed by atoms with Gasteiger partial charge in [0.2, 0.25) is 0 Å². The van der Waals surface area contributed by atoms with Crippen LogP contribution in [0.4, 0.5) is 0 Å². The van der Waals surface area contributed by atoms with Gasteiger partial charge in [-0.25, -0.2) is 0 Å². The van der Waals surface area contributed by atoms with Crippen molar-refractivity contribution in [1.82, 2.24) is 4.98 Å². The van der Waals surface area contributed by atoms with E-state index in [0.717, 1.165) is 29.5 Å². The summed E-state index contributed by atoms with van der Waals surface area (Å²) in [7, 11) is 0. The van der Waals surface area contributed by atoms with Gasteiger partial charge < -0.3 is 9.84 Å². The lowest BCUT2D eigenvalue weighted by molar-refractivity contribution is 0.0919. The minimum absolute atomic E-state index is 0.219. The van der Waals surface area contributed by atoms with Crippen LogP contribution < -0.4 is 0 Å². The summed E-state index contributed by atoms with van der Waals surface area (Å²) in [4.78, 5) is 4.31. The molecule has 3 rings (SSSR count). The van der Waals surface area contributed by atoms with Gasteiger partial charge in [0.05, 0.1) is 18.2 Å². The number of benzene rings is 1. The highest BCUT2D eigenvalue weighted by Crippen LogP contribution is 2.29. The minimum Gasteiger partial charge on any atom is -0.388 e. The molecule has 1 saturated heterocycles. The number of nitrogens with zero attached hydrogens (tertiary/aromatic N) is 1. The molecule has 1 aliphatic heterocycles. The van der Waals surface area contributed by atoms with Crippen LogP contribution in [0, 0.1) is 5.92 Å². The largest absolute Gasteiger partial charge is 0.388 e. The van der Waals surface area contributed by atoms with Crippen LogP contribution in [0.25, 0.3) is 10.9 Å². The lowest BCUT2D eigenvalue weighted by atomic mass is 9.94. The fourth-order valence-corrected chi connectivity index (χ4v) is 2.34. The molecule has 2 aromatic rings. The lowest BCUT2D eigenvalue weighted by Crippen LogP contribution is -2.12. The fourth-order valence-electron chi connectivity index (χ4n) is 2.34. The zero-order valence-corrected chi connectivity index (χ0v) is 9.54. The van der Waals surface area contributed by atoms with Gasteiger partial charge in [0.1, 0.15) is 0 Å². The third-order valence-corrected chi connectivity index (χ3v) is 3.38. The van der Waals surface area contributed by atoms with Crippen LogP contribution in [0.2, 0.25) is 0 Å². The van der Waals surface area contributed by atoms with E-state index >= 15 is 0 Å². The van der Waals surface area contributed by atoms with Crippen LogP contribution in [-0.2, 0) is 4.74 Å². The summed E-state index contributed by atoms with van der Waals surface area (Å²) in [5, 5.41) is 11.4. The van der Waals surface area contributed by atoms with Crippen molar-refractivity contribution in [3.8, 4) is 0 Å². The van der Waals surface area contributed by atoms with E-state index in [9.17, 15) is 5.11 Å². The van der Waals surface area contributed by atoms with Gasteiger partial charge in [-0.1, -0.05) is 18.2 Å². The first-order valence-corrected chi connectivity index (χ1v) is 5.95. The maximum atomic E-state index is 10.3. The predicted molar refractivity (Wildman–Crippen MR) is 65.6 cm³/mol. The summed E-state index contributed by atoms with van der Waals surface area (Å²) >= 11 is 0. The molecule has 1 aromatic carbocycles. The second-order valence-electron chi connectivity index (χ2n) is 4.52. The van der Waals surface area contributed by atoms with Crippen LogP contribution in [0.1, 0.15) is 18.1 Å². The molecule has 1 N–H and O–H groups in total. The van der Waals surface area contributed by atoms with Crippen molar-refractivity contribution < 1.29 is 9.84 Å². The quantitative estimate of drug-likeness (QED) is 0.859. The Kier molecular flexibility index (Phi) is 2.79. The molecule has 0 radical (unpaired) electrons. The molecule has 17 heavy (non-hydrogen) atoms. The average molecular weight is 229 g/mol. The molecule has 2 heterocycles. The maximum absolute atomic E-state index is 10.3. The van der Waals surface area contributed by atoms with E-state index < -0.39 is 6.10 Å². The minimum atomic E-state index is -0.441. The van der Waals surface area contributed by atoms with Gasteiger partial charge >= 0.3 is 0 Å². The molecule has 0 bridgehead atoms. The second kappa shape index (κ2) is 4.43.